The fourth-order valence-corrected chi connectivity index (χ4v) is 4.10. The van der Waals surface area contributed by atoms with Crippen LogP contribution in [0.15, 0.2) is 64.7 Å². The first kappa shape index (κ1) is 22.6. The highest BCUT2D eigenvalue weighted by atomic mass is 35.5. The molecule has 0 saturated carbocycles. The van der Waals surface area contributed by atoms with E-state index < -0.39 is 4.92 Å². The Bertz CT molecular complexity index is 1380. The summed E-state index contributed by atoms with van der Waals surface area (Å²) in [5, 5.41) is 24.1. The highest BCUT2D eigenvalue weighted by Crippen LogP contribution is 2.31. The summed E-state index contributed by atoms with van der Waals surface area (Å²) in [6.45, 7) is 5.96. The van der Waals surface area contributed by atoms with Crippen molar-refractivity contribution in [3.05, 3.63) is 75.8 Å². The van der Waals surface area contributed by atoms with Crippen molar-refractivity contribution in [2.24, 2.45) is 0 Å². The van der Waals surface area contributed by atoms with Gasteiger partial charge < -0.3 is 9.73 Å². The minimum Gasteiger partial charge on any atom is -0.453 e. The molecule has 0 saturated heterocycles. The first-order valence-electron chi connectivity index (χ1n) is 9.77. The second-order valence-electron chi connectivity index (χ2n) is 7.09. The Labute approximate surface area is 197 Å². The van der Waals surface area contributed by atoms with Gasteiger partial charge >= 0.3 is 0 Å². The number of aromatic nitrogens is 3. The molecule has 9 nitrogen and oxygen atoms in total. The van der Waals surface area contributed by atoms with Gasteiger partial charge in [-0.25, -0.2) is 0 Å². The number of furan rings is 1. The number of carbonyl (C=O) groups excluding carboxylic acids is 1. The van der Waals surface area contributed by atoms with E-state index in [0.29, 0.717) is 39.6 Å². The van der Waals surface area contributed by atoms with Gasteiger partial charge in [0.15, 0.2) is 10.9 Å². The summed E-state index contributed by atoms with van der Waals surface area (Å²) in [5.41, 5.74) is 1.69. The maximum Gasteiger partial charge on any atom is 0.271 e. The Morgan fingerprint density at radius 3 is 2.88 bits per heavy atom. The molecule has 2 heterocycles. The zero-order valence-corrected chi connectivity index (χ0v) is 19.0. The number of nitrogens with zero attached hydrogens (tertiary/aromatic N) is 4. The van der Waals surface area contributed by atoms with Crippen molar-refractivity contribution >= 4 is 51.6 Å². The molecule has 0 atom stereocenters. The number of hydrogen-bond donors (Lipinski definition) is 1. The van der Waals surface area contributed by atoms with Crippen molar-refractivity contribution < 1.29 is 14.1 Å². The molecule has 0 aliphatic carbocycles. The number of amides is 1. The zero-order valence-electron chi connectivity index (χ0n) is 17.4. The fraction of sp³-hybridized carbons (Fsp3) is 0.136. The highest BCUT2D eigenvalue weighted by Gasteiger charge is 2.19. The molecule has 0 aliphatic heterocycles. The summed E-state index contributed by atoms with van der Waals surface area (Å²) in [5.74, 6) is 0.731. The molecule has 1 amide bonds. The number of benzene rings is 2. The molecule has 0 spiro atoms. The van der Waals surface area contributed by atoms with Gasteiger partial charge in [-0.1, -0.05) is 35.5 Å². The van der Waals surface area contributed by atoms with Crippen LogP contribution >= 0.6 is 23.4 Å². The Morgan fingerprint density at radius 1 is 1.30 bits per heavy atom. The number of fused-ring (bicyclic) bond motifs is 1. The van der Waals surface area contributed by atoms with Gasteiger partial charge in [-0.05, 0) is 36.8 Å². The van der Waals surface area contributed by atoms with Crippen LogP contribution in [0.3, 0.4) is 0 Å². The number of anilines is 1. The van der Waals surface area contributed by atoms with Crippen LogP contribution in [-0.4, -0.2) is 31.3 Å². The number of nitrogens with one attached hydrogen (secondary N) is 1. The fourth-order valence-electron chi connectivity index (χ4n) is 3.17. The maximum absolute atomic E-state index is 12.5. The molecule has 2 aromatic heterocycles. The Morgan fingerprint density at radius 2 is 2.12 bits per heavy atom. The molecule has 0 aliphatic rings. The van der Waals surface area contributed by atoms with Crippen LogP contribution in [0, 0.1) is 17.0 Å². The molecular formula is C22H18ClN5O4S. The number of non-ortho nitro benzene ring substituents is 1. The predicted octanol–water partition coefficient (Wildman–Crippen LogP) is 5.48. The lowest BCUT2D eigenvalue weighted by atomic mass is 10.2. The van der Waals surface area contributed by atoms with Crippen LogP contribution < -0.4 is 5.32 Å². The third kappa shape index (κ3) is 4.91. The van der Waals surface area contributed by atoms with Crippen molar-refractivity contribution in [1.82, 2.24) is 14.8 Å². The standard InChI is InChI=1S/C22H18ClN5O4S/c1-3-8-27-21(19-10-14-9-15(23)5-7-18(14)32-19)25-26-22(27)33-12-20(29)24-17-11-16(28(30)31)6-4-13(17)2/h3-7,9-11H,1,8,12H2,2H3,(H,24,29). The van der Waals surface area contributed by atoms with Crippen LogP contribution in [0.5, 0.6) is 0 Å². The van der Waals surface area contributed by atoms with Crippen LogP contribution in [0.4, 0.5) is 11.4 Å². The first-order valence-corrected chi connectivity index (χ1v) is 11.1. The number of carbonyl (C=O) groups is 1. The van der Waals surface area contributed by atoms with Crippen LogP contribution in [0.25, 0.3) is 22.6 Å². The van der Waals surface area contributed by atoms with Crippen molar-refractivity contribution in [2.45, 2.75) is 18.6 Å². The predicted molar refractivity (Wildman–Crippen MR) is 128 cm³/mol. The number of halogens is 1. The van der Waals surface area contributed by atoms with E-state index in [0.717, 1.165) is 10.9 Å². The average molecular weight is 484 g/mol. The zero-order chi connectivity index (χ0) is 23.5. The third-order valence-electron chi connectivity index (χ3n) is 4.77. The van der Waals surface area contributed by atoms with Gasteiger partial charge in [0.1, 0.15) is 5.58 Å². The number of nitro benzene ring substituents is 1. The number of rotatable bonds is 8. The van der Waals surface area contributed by atoms with Crippen LogP contribution in [0.1, 0.15) is 5.56 Å². The lowest BCUT2D eigenvalue weighted by molar-refractivity contribution is -0.384. The minimum absolute atomic E-state index is 0.0349. The van der Waals surface area contributed by atoms with E-state index in [4.69, 9.17) is 16.0 Å². The Kier molecular flexibility index (Phi) is 6.47. The number of hydrogen-bond acceptors (Lipinski definition) is 7. The van der Waals surface area contributed by atoms with Crippen molar-refractivity contribution in [3.63, 3.8) is 0 Å². The maximum atomic E-state index is 12.5. The average Bonchev–Trinajstić information content (AvgIpc) is 3.37. The SMILES string of the molecule is C=CCn1c(SCC(=O)Nc2cc([N+](=O)[O-])ccc2C)nnc1-c1cc2cc(Cl)ccc2o1. The first-order chi connectivity index (χ1) is 15.9. The summed E-state index contributed by atoms with van der Waals surface area (Å²) >= 11 is 7.25. The van der Waals surface area contributed by atoms with Crippen molar-refractivity contribution in [3.8, 4) is 11.6 Å². The second kappa shape index (κ2) is 9.47. The molecule has 2 aromatic carbocycles. The van der Waals surface area contributed by atoms with Gasteiger partial charge in [0.05, 0.1) is 16.4 Å². The summed E-state index contributed by atoms with van der Waals surface area (Å²) in [6.07, 6.45) is 1.70. The normalized spacial score (nSPS) is 11.0. The second-order valence-corrected chi connectivity index (χ2v) is 8.47. The molecule has 33 heavy (non-hydrogen) atoms. The van der Waals surface area contributed by atoms with Gasteiger partial charge in [0.2, 0.25) is 11.7 Å². The Balaban J connectivity index is 1.52. The van der Waals surface area contributed by atoms with E-state index in [2.05, 4.69) is 22.1 Å². The number of aryl methyl sites for hydroxylation is 1. The lowest BCUT2D eigenvalue weighted by Gasteiger charge is -2.09. The molecular weight excluding hydrogens is 466 g/mol. The van der Waals surface area contributed by atoms with E-state index in [-0.39, 0.29) is 17.3 Å². The van der Waals surface area contributed by atoms with Gasteiger partial charge in [0, 0.05) is 29.1 Å². The quantitative estimate of drug-likeness (QED) is 0.153. The van der Waals surface area contributed by atoms with E-state index >= 15 is 0 Å². The smallest absolute Gasteiger partial charge is 0.271 e. The van der Waals surface area contributed by atoms with Gasteiger partial charge in [0.25, 0.3) is 5.69 Å². The lowest BCUT2D eigenvalue weighted by Crippen LogP contribution is -2.15. The summed E-state index contributed by atoms with van der Waals surface area (Å²) in [6, 6.07) is 11.5. The monoisotopic (exact) mass is 483 g/mol. The topological polar surface area (TPSA) is 116 Å². The van der Waals surface area contributed by atoms with E-state index in [9.17, 15) is 14.9 Å². The van der Waals surface area contributed by atoms with Gasteiger partial charge in [-0.2, -0.15) is 0 Å². The van der Waals surface area contributed by atoms with Crippen LogP contribution in [-0.2, 0) is 11.3 Å². The van der Waals surface area contributed by atoms with E-state index in [1.807, 2.05) is 6.07 Å². The molecule has 1 N–H and O–H groups in total. The molecule has 0 radical (unpaired) electrons. The molecule has 11 heteroatoms. The number of thioether (sulfide) groups is 1. The number of allylic oxidation sites excluding steroid dienone is 1. The van der Waals surface area contributed by atoms with E-state index in [1.54, 1.807) is 41.8 Å². The minimum atomic E-state index is -0.505. The summed E-state index contributed by atoms with van der Waals surface area (Å²) in [4.78, 5) is 23.0. The highest BCUT2D eigenvalue weighted by molar-refractivity contribution is 7.99. The number of nitro groups is 1. The summed E-state index contributed by atoms with van der Waals surface area (Å²) < 4.78 is 7.69. The molecule has 0 fully saturated rings. The van der Waals surface area contributed by atoms with Crippen LogP contribution in [0.2, 0.25) is 5.02 Å². The molecule has 4 rings (SSSR count). The van der Waals surface area contributed by atoms with Crippen molar-refractivity contribution in [1.29, 1.82) is 0 Å². The third-order valence-corrected chi connectivity index (χ3v) is 5.97. The summed E-state index contributed by atoms with van der Waals surface area (Å²) in [7, 11) is 0. The van der Waals surface area contributed by atoms with Crippen molar-refractivity contribution in [2.75, 3.05) is 11.1 Å². The van der Waals surface area contributed by atoms with Gasteiger partial charge in [-0.15, -0.1) is 16.8 Å². The molecule has 0 bridgehead atoms. The molecule has 168 valence electrons. The Hall–Kier alpha value is -3.63. The van der Waals surface area contributed by atoms with E-state index in [1.165, 1.54) is 23.9 Å². The molecule has 0 unspecified atom stereocenters. The van der Waals surface area contributed by atoms with Gasteiger partial charge in [-0.3, -0.25) is 19.5 Å². The molecule has 4 aromatic rings. The largest absolute Gasteiger partial charge is 0.453 e.